The maximum Gasteiger partial charge on any atom is 0.270 e. The van der Waals surface area contributed by atoms with Crippen LogP contribution in [0.4, 0.5) is 5.69 Å². The Kier molecular flexibility index (Phi) is 3.98. The lowest BCUT2D eigenvalue weighted by Crippen LogP contribution is -2.20. The number of anilines is 1. The second kappa shape index (κ2) is 5.97. The Morgan fingerprint density at radius 1 is 0.958 bits per heavy atom. The molecule has 3 rings (SSSR count). The molecule has 0 spiro atoms. The minimum atomic E-state index is -3.64. The fourth-order valence-corrected chi connectivity index (χ4v) is 3.66. The monoisotopic (exact) mass is 345 g/mol. The van der Waals surface area contributed by atoms with Crippen molar-refractivity contribution in [2.24, 2.45) is 0 Å². The molecule has 1 aromatic heterocycles. The Balaban J connectivity index is 1.92. The molecule has 7 nitrogen and oxygen atoms in total. The highest BCUT2D eigenvalue weighted by Gasteiger charge is 2.13. The molecule has 124 valence electrons. The molecular formula is C16H15N3O4S. The average Bonchev–Trinajstić information content (AvgIpc) is 2.50. The number of aromatic nitrogens is 2. The van der Waals surface area contributed by atoms with Gasteiger partial charge in [0.05, 0.1) is 16.5 Å². The van der Waals surface area contributed by atoms with E-state index in [1.54, 1.807) is 18.2 Å². The Hall–Kier alpha value is -2.87. The summed E-state index contributed by atoms with van der Waals surface area (Å²) in [4.78, 5) is 23.4. The van der Waals surface area contributed by atoms with Crippen LogP contribution in [-0.2, 0) is 15.8 Å². The van der Waals surface area contributed by atoms with E-state index in [1.807, 2.05) is 13.0 Å². The van der Waals surface area contributed by atoms with E-state index in [0.717, 1.165) is 5.56 Å². The summed E-state index contributed by atoms with van der Waals surface area (Å²) in [5.41, 5.74) is 0.922. The van der Waals surface area contributed by atoms with Crippen molar-refractivity contribution in [2.45, 2.75) is 12.7 Å². The minimum Gasteiger partial charge on any atom is -0.283 e. The van der Waals surface area contributed by atoms with Crippen LogP contribution in [-0.4, -0.2) is 18.6 Å². The Morgan fingerprint density at radius 2 is 1.67 bits per heavy atom. The maximum atomic E-state index is 12.3. The van der Waals surface area contributed by atoms with Crippen molar-refractivity contribution in [2.75, 3.05) is 4.72 Å². The summed E-state index contributed by atoms with van der Waals surface area (Å²) in [5, 5.41) is 4.74. The third-order valence-corrected chi connectivity index (χ3v) is 4.77. The molecule has 1 heterocycles. The highest BCUT2D eigenvalue weighted by Crippen LogP contribution is 2.16. The van der Waals surface area contributed by atoms with Gasteiger partial charge in [-0.15, -0.1) is 0 Å². The van der Waals surface area contributed by atoms with Crippen molar-refractivity contribution in [1.29, 1.82) is 0 Å². The molecular weight excluding hydrogens is 330 g/mol. The summed E-state index contributed by atoms with van der Waals surface area (Å²) >= 11 is 0. The lowest BCUT2D eigenvalue weighted by molar-refractivity contribution is 0.600. The molecule has 0 unspecified atom stereocenters. The Labute approximate surface area is 137 Å². The van der Waals surface area contributed by atoms with Gasteiger partial charge in [0, 0.05) is 5.69 Å². The van der Waals surface area contributed by atoms with E-state index in [2.05, 4.69) is 14.9 Å². The van der Waals surface area contributed by atoms with Crippen LogP contribution in [0.25, 0.3) is 10.8 Å². The van der Waals surface area contributed by atoms with Crippen LogP contribution in [0.2, 0.25) is 0 Å². The van der Waals surface area contributed by atoms with Crippen LogP contribution in [0.3, 0.4) is 0 Å². The van der Waals surface area contributed by atoms with Gasteiger partial charge in [0.25, 0.3) is 11.1 Å². The Bertz CT molecular complexity index is 1130. The van der Waals surface area contributed by atoms with Gasteiger partial charge in [-0.1, -0.05) is 29.8 Å². The number of H-pyrrole nitrogens is 2. The lowest BCUT2D eigenvalue weighted by atomic mass is 10.2. The number of hydrogen-bond donors (Lipinski definition) is 3. The molecule has 0 amide bonds. The molecule has 0 saturated carbocycles. The fraction of sp³-hybridized carbons (Fsp3) is 0.125. The number of fused-ring (bicyclic) bond motifs is 1. The molecule has 0 aliphatic carbocycles. The van der Waals surface area contributed by atoms with E-state index in [1.165, 1.54) is 18.2 Å². The second-order valence-electron chi connectivity index (χ2n) is 5.52. The van der Waals surface area contributed by atoms with Crippen LogP contribution >= 0.6 is 0 Å². The number of aromatic amines is 2. The molecule has 0 aliphatic rings. The first kappa shape index (κ1) is 16.0. The quantitative estimate of drug-likeness (QED) is 0.664. The first-order valence-electron chi connectivity index (χ1n) is 7.15. The largest absolute Gasteiger partial charge is 0.283 e. The maximum absolute atomic E-state index is 12.3. The van der Waals surface area contributed by atoms with E-state index < -0.39 is 21.1 Å². The standard InChI is InChI=1S/C16H15N3O4S/c1-10-3-2-4-11(7-10)9-24(22,23)19-12-5-6-13-14(8-12)16(21)18-17-15(13)20/h2-8,19H,9H2,1H3,(H,17,20)(H,18,21). The molecule has 24 heavy (non-hydrogen) atoms. The molecule has 0 aliphatic heterocycles. The number of sulfonamides is 1. The van der Waals surface area contributed by atoms with Crippen molar-refractivity contribution >= 4 is 26.5 Å². The summed E-state index contributed by atoms with van der Waals surface area (Å²) in [6.07, 6.45) is 0. The van der Waals surface area contributed by atoms with E-state index >= 15 is 0 Å². The zero-order valence-electron chi connectivity index (χ0n) is 12.8. The van der Waals surface area contributed by atoms with Gasteiger partial charge in [-0.05, 0) is 30.7 Å². The van der Waals surface area contributed by atoms with Gasteiger partial charge >= 0.3 is 0 Å². The summed E-state index contributed by atoms with van der Waals surface area (Å²) in [6, 6.07) is 11.4. The molecule has 0 bridgehead atoms. The van der Waals surface area contributed by atoms with Crippen molar-refractivity contribution in [3.8, 4) is 0 Å². The van der Waals surface area contributed by atoms with Gasteiger partial charge in [-0.25, -0.2) is 8.42 Å². The number of benzene rings is 2. The summed E-state index contributed by atoms with van der Waals surface area (Å²) in [7, 11) is -3.64. The van der Waals surface area contributed by atoms with Crippen molar-refractivity contribution in [1.82, 2.24) is 10.2 Å². The van der Waals surface area contributed by atoms with Crippen LogP contribution in [0, 0.1) is 6.92 Å². The zero-order valence-corrected chi connectivity index (χ0v) is 13.6. The second-order valence-corrected chi connectivity index (χ2v) is 7.24. The van der Waals surface area contributed by atoms with Gasteiger partial charge < -0.3 is 0 Å². The first-order valence-corrected chi connectivity index (χ1v) is 8.80. The SMILES string of the molecule is Cc1cccc(CS(=O)(=O)Nc2ccc3c(=O)[nH][nH]c(=O)c3c2)c1. The van der Waals surface area contributed by atoms with Gasteiger partial charge in [-0.3, -0.25) is 24.5 Å². The van der Waals surface area contributed by atoms with Crippen LogP contribution in [0.1, 0.15) is 11.1 Å². The fourth-order valence-electron chi connectivity index (χ4n) is 2.48. The predicted octanol–water partition coefficient (Wildman–Crippen LogP) is 1.47. The zero-order chi connectivity index (χ0) is 17.3. The van der Waals surface area contributed by atoms with Crippen LogP contribution in [0.15, 0.2) is 52.1 Å². The van der Waals surface area contributed by atoms with Gasteiger partial charge in [0.2, 0.25) is 10.0 Å². The lowest BCUT2D eigenvalue weighted by Gasteiger charge is -2.09. The number of rotatable bonds is 4. The molecule has 3 N–H and O–H groups in total. The van der Waals surface area contributed by atoms with Crippen LogP contribution in [0.5, 0.6) is 0 Å². The van der Waals surface area contributed by atoms with E-state index in [4.69, 9.17) is 0 Å². The molecule has 3 aromatic rings. The molecule has 0 atom stereocenters. The van der Waals surface area contributed by atoms with Gasteiger partial charge in [0.15, 0.2) is 0 Å². The highest BCUT2D eigenvalue weighted by atomic mass is 32.2. The van der Waals surface area contributed by atoms with Crippen molar-refractivity contribution < 1.29 is 8.42 Å². The van der Waals surface area contributed by atoms with Gasteiger partial charge in [0.1, 0.15) is 0 Å². The number of aryl methyl sites for hydroxylation is 1. The van der Waals surface area contributed by atoms with E-state index in [-0.39, 0.29) is 22.2 Å². The van der Waals surface area contributed by atoms with Crippen LogP contribution < -0.4 is 15.8 Å². The smallest absolute Gasteiger partial charge is 0.270 e. The molecule has 0 radical (unpaired) electrons. The predicted molar refractivity (Wildman–Crippen MR) is 92.6 cm³/mol. The van der Waals surface area contributed by atoms with E-state index in [0.29, 0.717) is 5.56 Å². The van der Waals surface area contributed by atoms with Crippen molar-refractivity contribution in [3.05, 3.63) is 74.3 Å². The third-order valence-electron chi connectivity index (χ3n) is 3.51. The number of nitrogens with one attached hydrogen (secondary N) is 3. The van der Waals surface area contributed by atoms with E-state index in [9.17, 15) is 18.0 Å². The molecule has 0 fully saturated rings. The summed E-state index contributed by atoms with van der Waals surface area (Å²) in [6.45, 7) is 1.89. The average molecular weight is 345 g/mol. The summed E-state index contributed by atoms with van der Waals surface area (Å²) < 4.78 is 27.0. The normalized spacial score (nSPS) is 11.5. The summed E-state index contributed by atoms with van der Waals surface area (Å²) in [5.74, 6) is -0.182. The van der Waals surface area contributed by atoms with Crippen molar-refractivity contribution in [3.63, 3.8) is 0 Å². The topological polar surface area (TPSA) is 112 Å². The molecule has 2 aromatic carbocycles. The minimum absolute atomic E-state index is 0.120. The first-order chi connectivity index (χ1) is 11.3. The Morgan fingerprint density at radius 3 is 2.38 bits per heavy atom. The molecule has 8 heteroatoms. The molecule has 0 saturated heterocycles. The highest BCUT2D eigenvalue weighted by molar-refractivity contribution is 7.91. The van der Waals surface area contributed by atoms with Gasteiger partial charge in [-0.2, -0.15) is 0 Å². The number of hydrogen-bond acceptors (Lipinski definition) is 4. The third kappa shape index (κ3) is 3.38.